The van der Waals surface area contributed by atoms with Gasteiger partial charge in [0.15, 0.2) is 18.1 Å². The number of ether oxygens (including phenoxy) is 4. The maximum absolute atomic E-state index is 12.7. The fraction of sp³-hybridized carbons (Fsp3) is 0.316. The molecule has 3 rings (SSSR count). The number of amides is 1. The van der Waals surface area contributed by atoms with Crippen LogP contribution in [0.1, 0.15) is 12.5 Å². The molecule has 0 bridgehead atoms. The van der Waals surface area contributed by atoms with Gasteiger partial charge < -0.3 is 23.8 Å². The first-order valence-electron chi connectivity index (χ1n) is 8.18. The van der Waals surface area contributed by atoms with Gasteiger partial charge in [-0.1, -0.05) is 23.7 Å². The van der Waals surface area contributed by atoms with Crippen LogP contribution in [0.15, 0.2) is 30.3 Å². The molecule has 0 aromatic heterocycles. The minimum Gasteiger partial charge on any atom is -0.495 e. The standard InChI is InChI=1S/C19H20ClNO5/c1-4-25-15-7-5-6-12-10-21(18(22)11-26-19(12)15)14-9-16(23-2)13(20)8-17(14)24-3/h5-9H,4,10-11H2,1-3H3. The van der Waals surface area contributed by atoms with Crippen LogP contribution in [0.25, 0.3) is 0 Å². The number of methoxy groups -OCH3 is 2. The zero-order chi connectivity index (χ0) is 18.7. The Morgan fingerprint density at radius 1 is 1.15 bits per heavy atom. The summed E-state index contributed by atoms with van der Waals surface area (Å²) in [4.78, 5) is 14.3. The van der Waals surface area contributed by atoms with E-state index < -0.39 is 0 Å². The van der Waals surface area contributed by atoms with Gasteiger partial charge in [-0.15, -0.1) is 0 Å². The minimum absolute atomic E-state index is 0.106. The van der Waals surface area contributed by atoms with Crippen LogP contribution in [0.3, 0.4) is 0 Å². The summed E-state index contributed by atoms with van der Waals surface area (Å²) in [5, 5.41) is 0.408. The number of carbonyl (C=O) groups excluding carboxylic acids is 1. The molecule has 0 atom stereocenters. The highest BCUT2D eigenvalue weighted by Gasteiger charge is 2.28. The lowest BCUT2D eigenvalue weighted by atomic mass is 10.1. The third-order valence-electron chi connectivity index (χ3n) is 4.07. The Morgan fingerprint density at radius 2 is 1.92 bits per heavy atom. The molecule has 7 heteroatoms. The van der Waals surface area contributed by atoms with Crippen molar-refractivity contribution in [2.45, 2.75) is 13.5 Å². The van der Waals surface area contributed by atoms with Gasteiger partial charge >= 0.3 is 0 Å². The van der Waals surface area contributed by atoms with Gasteiger partial charge in [-0.3, -0.25) is 4.79 Å². The molecule has 0 saturated heterocycles. The Labute approximate surface area is 157 Å². The van der Waals surface area contributed by atoms with Crippen molar-refractivity contribution in [1.29, 1.82) is 0 Å². The molecular formula is C19H20ClNO5. The quantitative estimate of drug-likeness (QED) is 0.795. The van der Waals surface area contributed by atoms with Crippen LogP contribution in [0.5, 0.6) is 23.0 Å². The highest BCUT2D eigenvalue weighted by molar-refractivity contribution is 6.32. The fourth-order valence-corrected chi connectivity index (χ4v) is 3.09. The van der Waals surface area contributed by atoms with Crippen LogP contribution in [0.4, 0.5) is 5.69 Å². The summed E-state index contributed by atoms with van der Waals surface area (Å²) in [6, 6.07) is 8.93. The highest BCUT2D eigenvalue weighted by Crippen LogP contribution is 2.41. The van der Waals surface area contributed by atoms with Crippen molar-refractivity contribution < 1.29 is 23.7 Å². The molecule has 1 aliphatic heterocycles. The lowest BCUT2D eigenvalue weighted by molar-refractivity contribution is -0.120. The van der Waals surface area contributed by atoms with E-state index in [0.29, 0.717) is 46.9 Å². The fourth-order valence-electron chi connectivity index (χ4n) is 2.86. The molecule has 26 heavy (non-hydrogen) atoms. The molecule has 138 valence electrons. The highest BCUT2D eigenvalue weighted by atomic mass is 35.5. The zero-order valence-corrected chi connectivity index (χ0v) is 15.6. The molecule has 2 aromatic rings. The third-order valence-corrected chi connectivity index (χ3v) is 4.37. The number of nitrogens with zero attached hydrogens (tertiary/aromatic N) is 1. The molecule has 1 heterocycles. The first kappa shape index (κ1) is 18.2. The Balaban J connectivity index is 2.06. The predicted octanol–water partition coefficient (Wildman–Crippen LogP) is 3.68. The maximum atomic E-state index is 12.7. The van der Waals surface area contributed by atoms with Crippen molar-refractivity contribution in [2.75, 3.05) is 32.3 Å². The van der Waals surface area contributed by atoms with Gasteiger partial charge in [0.25, 0.3) is 5.91 Å². The summed E-state index contributed by atoms with van der Waals surface area (Å²) in [6.07, 6.45) is 0. The summed E-state index contributed by atoms with van der Waals surface area (Å²) in [5.41, 5.74) is 1.41. The molecule has 2 aromatic carbocycles. The Hall–Kier alpha value is -2.60. The largest absolute Gasteiger partial charge is 0.495 e. The average Bonchev–Trinajstić information content (AvgIpc) is 2.81. The van der Waals surface area contributed by atoms with Crippen molar-refractivity contribution in [3.05, 3.63) is 40.9 Å². The number of rotatable bonds is 5. The third kappa shape index (κ3) is 3.37. The molecule has 0 aliphatic carbocycles. The Kier molecular flexibility index (Phi) is 5.42. The number of fused-ring (bicyclic) bond motifs is 1. The molecular weight excluding hydrogens is 358 g/mol. The van der Waals surface area contributed by atoms with Crippen molar-refractivity contribution in [2.24, 2.45) is 0 Å². The monoisotopic (exact) mass is 377 g/mol. The number of hydrogen-bond acceptors (Lipinski definition) is 5. The second-order valence-electron chi connectivity index (χ2n) is 5.60. The van der Waals surface area contributed by atoms with E-state index in [1.165, 1.54) is 14.2 Å². The molecule has 0 N–H and O–H groups in total. The van der Waals surface area contributed by atoms with Gasteiger partial charge in [0.05, 0.1) is 38.1 Å². The van der Waals surface area contributed by atoms with E-state index in [1.54, 1.807) is 17.0 Å². The van der Waals surface area contributed by atoms with Crippen LogP contribution in [-0.2, 0) is 11.3 Å². The number of para-hydroxylation sites is 1. The molecule has 1 amide bonds. The van der Waals surface area contributed by atoms with Crippen molar-refractivity contribution in [3.63, 3.8) is 0 Å². The van der Waals surface area contributed by atoms with E-state index in [9.17, 15) is 4.79 Å². The van der Waals surface area contributed by atoms with Crippen LogP contribution >= 0.6 is 11.6 Å². The zero-order valence-electron chi connectivity index (χ0n) is 14.9. The van der Waals surface area contributed by atoms with Gasteiger partial charge in [-0.25, -0.2) is 0 Å². The van der Waals surface area contributed by atoms with Gasteiger partial charge in [0.1, 0.15) is 11.5 Å². The van der Waals surface area contributed by atoms with Crippen LogP contribution < -0.4 is 23.8 Å². The maximum Gasteiger partial charge on any atom is 0.265 e. The molecule has 0 spiro atoms. The Morgan fingerprint density at radius 3 is 2.62 bits per heavy atom. The van der Waals surface area contributed by atoms with E-state index in [1.807, 2.05) is 25.1 Å². The molecule has 0 radical (unpaired) electrons. The molecule has 0 fully saturated rings. The summed E-state index contributed by atoms with van der Waals surface area (Å²) in [7, 11) is 3.05. The number of halogens is 1. The predicted molar refractivity (Wildman–Crippen MR) is 98.9 cm³/mol. The van der Waals surface area contributed by atoms with Crippen LogP contribution in [-0.4, -0.2) is 33.3 Å². The first-order valence-corrected chi connectivity index (χ1v) is 8.56. The second-order valence-corrected chi connectivity index (χ2v) is 6.01. The van der Waals surface area contributed by atoms with Crippen molar-refractivity contribution in [1.82, 2.24) is 0 Å². The van der Waals surface area contributed by atoms with E-state index in [4.69, 9.17) is 30.5 Å². The smallest absolute Gasteiger partial charge is 0.265 e. The lowest BCUT2D eigenvalue weighted by Gasteiger charge is -2.23. The van der Waals surface area contributed by atoms with Crippen molar-refractivity contribution >= 4 is 23.2 Å². The van der Waals surface area contributed by atoms with E-state index in [2.05, 4.69) is 0 Å². The van der Waals surface area contributed by atoms with Gasteiger partial charge in [0, 0.05) is 17.7 Å². The van der Waals surface area contributed by atoms with E-state index in [0.717, 1.165) is 5.56 Å². The molecule has 0 saturated carbocycles. The summed E-state index contributed by atoms with van der Waals surface area (Å²) < 4.78 is 22.1. The van der Waals surface area contributed by atoms with Crippen molar-refractivity contribution in [3.8, 4) is 23.0 Å². The molecule has 1 aliphatic rings. The number of benzene rings is 2. The lowest BCUT2D eigenvalue weighted by Crippen LogP contribution is -2.32. The number of carbonyl (C=O) groups is 1. The van der Waals surface area contributed by atoms with Gasteiger partial charge in [-0.05, 0) is 13.0 Å². The van der Waals surface area contributed by atoms with Crippen LogP contribution in [0.2, 0.25) is 5.02 Å². The van der Waals surface area contributed by atoms with Gasteiger partial charge in [0.2, 0.25) is 0 Å². The first-order chi connectivity index (χ1) is 12.6. The minimum atomic E-state index is -0.202. The van der Waals surface area contributed by atoms with E-state index in [-0.39, 0.29) is 12.5 Å². The normalized spacial score (nSPS) is 13.5. The van der Waals surface area contributed by atoms with E-state index >= 15 is 0 Å². The summed E-state index contributed by atoms with van der Waals surface area (Å²) in [6.45, 7) is 2.62. The topological polar surface area (TPSA) is 57.2 Å². The van der Waals surface area contributed by atoms with Crippen LogP contribution in [0, 0.1) is 0 Å². The summed E-state index contributed by atoms with van der Waals surface area (Å²) >= 11 is 6.17. The number of anilines is 1. The summed E-state index contributed by atoms with van der Waals surface area (Å²) in [5.74, 6) is 1.95. The molecule has 6 nitrogen and oxygen atoms in total. The number of hydrogen-bond donors (Lipinski definition) is 0. The van der Waals surface area contributed by atoms with Gasteiger partial charge in [-0.2, -0.15) is 0 Å². The molecule has 0 unspecified atom stereocenters. The second kappa shape index (κ2) is 7.74. The Bertz CT molecular complexity index is 824. The average molecular weight is 378 g/mol. The SMILES string of the molecule is CCOc1cccc2c1OCC(=O)N(c1cc(OC)c(Cl)cc1OC)C2.